The van der Waals surface area contributed by atoms with Crippen LogP contribution in [0, 0.1) is 19.8 Å². The fourth-order valence-electron chi connectivity index (χ4n) is 3.33. The Labute approximate surface area is 178 Å². The third kappa shape index (κ3) is 4.27. The minimum atomic E-state index is -3.72. The first-order chi connectivity index (χ1) is 14.3. The molecule has 1 aliphatic heterocycles. The number of hydrogen-bond donors (Lipinski definition) is 1. The van der Waals surface area contributed by atoms with Crippen LogP contribution in [-0.2, 0) is 14.8 Å². The molecule has 30 heavy (non-hydrogen) atoms. The molecule has 11 heteroatoms. The summed E-state index contributed by atoms with van der Waals surface area (Å²) in [6, 6.07) is 6.92. The quantitative estimate of drug-likeness (QED) is 0.639. The SMILES string of the molecule is Cc1cccc(NC(=O)[C@H]2CCCN(S(=O)(=O)c3cc(-c4noc(C)n4)cs3)C2)n1. The average molecular weight is 448 g/mol. The van der Waals surface area contributed by atoms with Crippen LogP contribution >= 0.6 is 11.3 Å². The summed E-state index contributed by atoms with van der Waals surface area (Å²) < 4.78 is 32.8. The van der Waals surface area contributed by atoms with Crippen molar-refractivity contribution in [3.05, 3.63) is 41.2 Å². The molecule has 4 heterocycles. The lowest BCUT2D eigenvalue weighted by molar-refractivity contribution is -0.120. The number of amides is 1. The van der Waals surface area contributed by atoms with Gasteiger partial charge < -0.3 is 9.84 Å². The largest absolute Gasteiger partial charge is 0.339 e. The van der Waals surface area contributed by atoms with Gasteiger partial charge in [0.1, 0.15) is 10.0 Å². The van der Waals surface area contributed by atoms with Gasteiger partial charge in [0, 0.05) is 36.7 Å². The van der Waals surface area contributed by atoms with Crippen LogP contribution in [0.4, 0.5) is 5.82 Å². The van der Waals surface area contributed by atoms with Crippen molar-refractivity contribution >= 4 is 33.1 Å². The number of aromatic nitrogens is 3. The highest BCUT2D eigenvalue weighted by Crippen LogP contribution is 2.31. The van der Waals surface area contributed by atoms with Crippen molar-refractivity contribution in [3.63, 3.8) is 0 Å². The van der Waals surface area contributed by atoms with E-state index in [-0.39, 0.29) is 16.7 Å². The lowest BCUT2D eigenvalue weighted by atomic mass is 9.99. The molecule has 1 N–H and O–H groups in total. The topological polar surface area (TPSA) is 118 Å². The van der Waals surface area contributed by atoms with Crippen LogP contribution in [0.3, 0.4) is 0 Å². The molecule has 9 nitrogen and oxygen atoms in total. The van der Waals surface area contributed by atoms with Crippen molar-refractivity contribution in [1.82, 2.24) is 19.4 Å². The van der Waals surface area contributed by atoms with Gasteiger partial charge in [-0.15, -0.1) is 11.3 Å². The van der Waals surface area contributed by atoms with Crippen LogP contribution in [-0.4, -0.2) is 46.8 Å². The molecule has 0 bridgehead atoms. The molecule has 0 aromatic carbocycles. The van der Waals surface area contributed by atoms with E-state index in [9.17, 15) is 13.2 Å². The molecule has 0 aliphatic carbocycles. The number of aryl methyl sites for hydroxylation is 2. The van der Waals surface area contributed by atoms with E-state index in [0.29, 0.717) is 42.5 Å². The first kappa shape index (κ1) is 20.6. The lowest BCUT2D eigenvalue weighted by Gasteiger charge is -2.30. The molecule has 0 spiro atoms. The number of nitrogens with one attached hydrogen (secondary N) is 1. The van der Waals surface area contributed by atoms with Crippen LogP contribution in [0.5, 0.6) is 0 Å². The summed E-state index contributed by atoms with van der Waals surface area (Å²) in [5, 5.41) is 8.31. The monoisotopic (exact) mass is 447 g/mol. The van der Waals surface area contributed by atoms with Gasteiger partial charge in [-0.05, 0) is 38.0 Å². The molecule has 1 aliphatic rings. The molecule has 3 aromatic rings. The number of hydrogen-bond acceptors (Lipinski definition) is 8. The summed E-state index contributed by atoms with van der Waals surface area (Å²) in [6.45, 7) is 4.03. The second-order valence-electron chi connectivity index (χ2n) is 7.15. The highest BCUT2D eigenvalue weighted by atomic mass is 32.2. The van der Waals surface area contributed by atoms with Gasteiger partial charge in [0.15, 0.2) is 0 Å². The summed E-state index contributed by atoms with van der Waals surface area (Å²) >= 11 is 1.11. The van der Waals surface area contributed by atoms with Gasteiger partial charge in [-0.2, -0.15) is 9.29 Å². The van der Waals surface area contributed by atoms with Crippen molar-refractivity contribution in [2.45, 2.75) is 30.9 Å². The third-order valence-corrected chi connectivity index (χ3v) is 8.13. The number of nitrogens with zero attached hydrogens (tertiary/aromatic N) is 4. The molecule has 0 radical (unpaired) electrons. The molecule has 1 atom stereocenters. The highest BCUT2D eigenvalue weighted by Gasteiger charge is 2.34. The summed E-state index contributed by atoms with van der Waals surface area (Å²) in [5.41, 5.74) is 1.39. The summed E-state index contributed by atoms with van der Waals surface area (Å²) in [5.74, 6) is 0.580. The fraction of sp³-hybridized carbons (Fsp3) is 0.368. The number of pyridine rings is 1. The molecule has 1 fully saturated rings. The molecule has 0 saturated carbocycles. The number of anilines is 1. The zero-order chi connectivity index (χ0) is 21.3. The number of piperidine rings is 1. The van der Waals surface area contributed by atoms with E-state index < -0.39 is 15.9 Å². The number of carbonyl (C=O) groups excluding carboxylic acids is 1. The van der Waals surface area contributed by atoms with E-state index in [1.54, 1.807) is 24.4 Å². The Balaban J connectivity index is 1.48. The lowest BCUT2D eigenvalue weighted by Crippen LogP contribution is -2.43. The smallest absolute Gasteiger partial charge is 0.252 e. The minimum Gasteiger partial charge on any atom is -0.339 e. The van der Waals surface area contributed by atoms with Crippen LogP contribution in [0.25, 0.3) is 11.4 Å². The van der Waals surface area contributed by atoms with E-state index >= 15 is 0 Å². The van der Waals surface area contributed by atoms with Crippen molar-refractivity contribution in [2.75, 3.05) is 18.4 Å². The Bertz CT molecular complexity index is 1170. The van der Waals surface area contributed by atoms with E-state index in [4.69, 9.17) is 4.52 Å². The number of rotatable bonds is 5. The average Bonchev–Trinajstić information content (AvgIpc) is 3.37. The van der Waals surface area contributed by atoms with E-state index in [0.717, 1.165) is 17.0 Å². The van der Waals surface area contributed by atoms with Gasteiger partial charge in [0.05, 0.1) is 5.92 Å². The number of carbonyl (C=O) groups is 1. The normalized spacial score (nSPS) is 17.7. The molecule has 4 rings (SSSR count). The zero-order valence-electron chi connectivity index (χ0n) is 16.5. The predicted octanol–water partition coefficient (Wildman–Crippen LogP) is 2.85. The van der Waals surface area contributed by atoms with E-state index in [1.807, 2.05) is 19.1 Å². The second kappa shape index (κ2) is 8.25. The van der Waals surface area contributed by atoms with Crippen molar-refractivity contribution in [2.24, 2.45) is 5.92 Å². The number of thiophene rings is 1. The van der Waals surface area contributed by atoms with E-state index in [1.165, 1.54) is 4.31 Å². The van der Waals surface area contributed by atoms with Crippen molar-refractivity contribution in [3.8, 4) is 11.4 Å². The zero-order valence-corrected chi connectivity index (χ0v) is 18.2. The fourth-order valence-corrected chi connectivity index (χ4v) is 6.16. The standard InChI is InChI=1S/C19H21N5O4S2/c1-12-5-3-7-16(20-12)22-19(25)14-6-4-8-24(10-14)30(26,27)17-9-15(11-29-17)18-21-13(2)28-23-18/h3,5,7,9,11,14H,4,6,8,10H2,1-2H3,(H,20,22,25)/t14-/m0/s1. The molecule has 158 valence electrons. The second-order valence-corrected chi connectivity index (χ2v) is 10.2. The van der Waals surface area contributed by atoms with E-state index in [2.05, 4.69) is 20.4 Å². The molecule has 0 unspecified atom stereocenters. The maximum Gasteiger partial charge on any atom is 0.252 e. The maximum absolute atomic E-state index is 13.1. The molecule has 1 saturated heterocycles. The molecule has 3 aromatic heterocycles. The van der Waals surface area contributed by atoms with Gasteiger partial charge in [-0.3, -0.25) is 4.79 Å². The molecular weight excluding hydrogens is 426 g/mol. The number of sulfonamides is 1. The highest BCUT2D eigenvalue weighted by molar-refractivity contribution is 7.91. The van der Waals surface area contributed by atoms with Gasteiger partial charge in [-0.1, -0.05) is 11.2 Å². The van der Waals surface area contributed by atoms with Gasteiger partial charge in [0.2, 0.25) is 17.6 Å². The molecule has 1 amide bonds. The Morgan fingerprint density at radius 2 is 2.13 bits per heavy atom. The predicted molar refractivity (Wildman–Crippen MR) is 111 cm³/mol. The summed E-state index contributed by atoms with van der Waals surface area (Å²) in [6.07, 6.45) is 1.24. The van der Waals surface area contributed by atoms with Crippen LogP contribution in [0.1, 0.15) is 24.4 Å². The Hall–Kier alpha value is -2.63. The van der Waals surface area contributed by atoms with Gasteiger partial charge in [0.25, 0.3) is 10.0 Å². The Kier molecular flexibility index (Phi) is 5.67. The van der Waals surface area contributed by atoms with Crippen LogP contribution in [0.15, 0.2) is 38.4 Å². The van der Waals surface area contributed by atoms with Crippen LogP contribution in [0.2, 0.25) is 0 Å². The minimum absolute atomic E-state index is 0.133. The Morgan fingerprint density at radius 3 is 2.87 bits per heavy atom. The third-order valence-electron chi connectivity index (χ3n) is 4.85. The Morgan fingerprint density at radius 1 is 1.30 bits per heavy atom. The van der Waals surface area contributed by atoms with Gasteiger partial charge >= 0.3 is 0 Å². The molecular formula is C19H21N5O4S2. The van der Waals surface area contributed by atoms with Gasteiger partial charge in [-0.25, -0.2) is 13.4 Å². The van der Waals surface area contributed by atoms with Crippen LogP contribution < -0.4 is 5.32 Å². The summed E-state index contributed by atoms with van der Waals surface area (Å²) in [4.78, 5) is 21.1. The first-order valence-electron chi connectivity index (χ1n) is 9.47. The van der Waals surface area contributed by atoms with Crippen molar-refractivity contribution < 1.29 is 17.7 Å². The summed E-state index contributed by atoms with van der Waals surface area (Å²) in [7, 11) is -3.72. The van der Waals surface area contributed by atoms with Crippen molar-refractivity contribution in [1.29, 1.82) is 0 Å². The maximum atomic E-state index is 13.1. The first-order valence-corrected chi connectivity index (χ1v) is 11.8.